The third-order valence-corrected chi connectivity index (χ3v) is 18.7. The van der Waals surface area contributed by atoms with Crippen LogP contribution in [0.1, 0.15) is 147 Å². The Morgan fingerprint density at radius 2 is 1.22 bits per heavy atom. The van der Waals surface area contributed by atoms with Gasteiger partial charge in [0.1, 0.15) is 6.61 Å². The Balaban J connectivity index is 1.51. The molecule has 0 aromatic heterocycles. The highest BCUT2D eigenvalue weighted by atomic mass is 28.4. The number of amides is 1. The minimum Gasteiger partial charge on any atom is -0.455 e. The first-order chi connectivity index (χ1) is 34.8. The molecule has 1 amide bonds. The lowest BCUT2D eigenvalue weighted by molar-refractivity contribution is -0.256. The Hall–Kier alpha value is -5.31. The summed E-state index contributed by atoms with van der Waals surface area (Å²) in [6.07, 6.45) is 2.83. The predicted molar refractivity (Wildman–Crippen MR) is 291 cm³/mol. The third-order valence-electron chi connectivity index (χ3n) is 13.7. The molecule has 0 spiro atoms. The first-order valence-electron chi connectivity index (χ1n) is 26.7. The molecule has 0 unspecified atom stereocenters. The average Bonchev–Trinajstić information content (AvgIpc) is 3.33. The highest BCUT2D eigenvalue weighted by molar-refractivity contribution is 6.99. The van der Waals surface area contributed by atoms with E-state index in [1.807, 2.05) is 52.3 Å². The lowest BCUT2D eigenvalue weighted by Gasteiger charge is -2.49. The van der Waals surface area contributed by atoms with Crippen LogP contribution in [0.3, 0.4) is 0 Å². The van der Waals surface area contributed by atoms with Crippen molar-refractivity contribution in [1.29, 1.82) is 0 Å². The van der Waals surface area contributed by atoms with Gasteiger partial charge < -0.3 is 37.9 Å². The lowest BCUT2D eigenvalue weighted by atomic mass is 9.91. The summed E-state index contributed by atoms with van der Waals surface area (Å²) in [5.41, 5.74) is -2.01. The molecule has 2 aliphatic heterocycles. The van der Waals surface area contributed by atoms with Gasteiger partial charge >= 0.3 is 24.0 Å². The zero-order valence-corrected chi connectivity index (χ0v) is 47.6. The molecule has 2 aliphatic rings. The Morgan fingerprint density at radius 3 is 1.74 bits per heavy atom. The number of hydrogen-bond acceptors (Lipinski definition) is 12. The minimum absolute atomic E-state index is 0.0642. The SMILES string of the molecule is CCCCC[C@H](C[C@H]1CC(=O)C=CN1[C@H]1OC[C@@H](OC(=O)C(C)(C)C)[C@@H](OC(=O)C(C)(C)C)[C@@H]1OC(=O)C(C)(C)C)N(CCCCO[Si](c1ccccc1)(c1ccccc1)C(C)(C)C)C(=O)OCc1ccccc1. The highest BCUT2D eigenvalue weighted by Gasteiger charge is 2.53. The van der Waals surface area contributed by atoms with Gasteiger partial charge in [-0.15, -0.1) is 0 Å². The molecule has 0 saturated carbocycles. The zero-order chi connectivity index (χ0) is 54.5. The number of rotatable bonds is 21. The Bertz CT molecular complexity index is 2280. The second kappa shape index (κ2) is 26.0. The van der Waals surface area contributed by atoms with Gasteiger partial charge in [0, 0.05) is 37.9 Å². The van der Waals surface area contributed by atoms with E-state index in [0.717, 1.165) is 24.8 Å². The van der Waals surface area contributed by atoms with Crippen LogP contribution >= 0.6 is 0 Å². The molecule has 0 aliphatic carbocycles. The molecule has 0 N–H and O–H groups in total. The number of ether oxygens (including phenoxy) is 5. The summed E-state index contributed by atoms with van der Waals surface area (Å²) in [6.45, 7) is 25.1. The molecule has 1 fully saturated rings. The van der Waals surface area contributed by atoms with Crippen molar-refractivity contribution in [2.75, 3.05) is 19.8 Å². The largest absolute Gasteiger partial charge is 0.455 e. The maximum atomic E-state index is 14.7. The van der Waals surface area contributed by atoms with E-state index < -0.39 is 85.2 Å². The maximum absolute atomic E-state index is 14.7. The molecule has 13 nitrogen and oxygen atoms in total. The number of allylic oxidation sites excluding steroid dienone is 1. The van der Waals surface area contributed by atoms with E-state index >= 15 is 0 Å². The molecular formula is C60H86N2O11Si. The van der Waals surface area contributed by atoms with Gasteiger partial charge in [-0.25, -0.2) is 4.79 Å². The van der Waals surface area contributed by atoms with Crippen LogP contribution in [-0.2, 0) is 53.9 Å². The fraction of sp³-hybridized carbons (Fsp3) is 0.583. The highest BCUT2D eigenvalue weighted by Crippen LogP contribution is 2.38. The Labute approximate surface area is 443 Å². The third kappa shape index (κ3) is 15.9. The summed E-state index contributed by atoms with van der Waals surface area (Å²) in [5, 5.41) is 2.18. The van der Waals surface area contributed by atoms with Gasteiger partial charge in [-0.1, -0.05) is 138 Å². The number of unbranched alkanes of at least 4 members (excludes halogenated alkanes) is 3. The number of carbonyl (C=O) groups excluding carboxylic acids is 5. The van der Waals surface area contributed by atoms with Gasteiger partial charge in [-0.05, 0) is 115 Å². The molecule has 6 atom stereocenters. The van der Waals surface area contributed by atoms with Crippen LogP contribution in [0.25, 0.3) is 0 Å². The number of nitrogens with zero attached hydrogens (tertiary/aromatic N) is 2. The van der Waals surface area contributed by atoms with Crippen molar-refractivity contribution in [2.24, 2.45) is 16.2 Å². The minimum atomic E-state index is -2.82. The first-order valence-corrected chi connectivity index (χ1v) is 28.6. The Morgan fingerprint density at radius 1 is 0.689 bits per heavy atom. The van der Waals surface area contributed by atoms with Crippen molar-refractivity contribution >= 4 is 48.5 Å². The van der Waals surface area contributed by atoms with E-state index in [0.29, 0.717) is 38.8 Å². The van der Waals surface area contributed by atoms with Gasteiger partial charge in [0.25, 0.3) is 8.32 Å². The maximum Gasteiger partial charge on any atom is 0.410 e. The van der Waals surface area contributed by atoms with E-state index in [1.54, 1.807) is 68.5 Å². The summed E-state index contributed by atoms with van der Waals surface area (Å²) in [6, 6.07) is 29.7. The van der Waals surface area contributed by atoms with Crippen molar-refractivity contribution in [2.45, 2.75) is 190 Å². The number of esters is 3. The number of carbonyl (C=O) groups is 5. The number of hydrogen-bond donors (Lipinski definition) is 0. The van der Waals surface area contributed by atoms with Crippen LogP contribution in [0.5, 0.6) is 0 Å². The van der Waals surface area contributed by atoms with Crippen LogP contribution in [0.4, 0.5) is 4.79 Å². The van der Waals surface area contributed by atoms with Gasteiger partial charge in [0.15, 0.2) is 30.3 Å². The fourth-order valence-electron chi connectivity index (χ4n) is 9.43. The quantitative estimate of drug-likeness (QED) is 0.0433. The zero-order valence-electron chi connectivity index (χ0n) is 46.6. The predicted octanol–water partition coefficient (Wildman–Crippen LogP) is 10.7. The second-order valence-electron chi connectivity index (χ2n) is 24.1. The molecule has 1 saturated heterocycles. The summed E-state index contributed by atoms with van der Waals surface area (Å²) in [5.74, 6) is -1.85. The van der Waals surface area contributed by atoms with Gasteiger partial charge in [-0.3, -0.25) is 19.2 Å². The summed E-state index contributed by atoms with van der Waals surface area (Å²) < 4.78 is 38.7. The Kier molecular flexibility index (Phi) is 20.9. The normalized spacial score (nSPS) is 20.1. The molecule has 2 heterocycles. The topological polar surface area (TPSA) is 147 Å². The molecule has 3 aromatic carbocycles. The van der Waals surface area contributed by atoms with Crippen LogP contribution in [0.2, 0.25) is 5.04 Å². The molecular weight excluding hydrogens is 953 g/mol. The number of benzene rings is 3. The molecule has 14 heteroatoms. The molecule has 5 rings (SSSR count). The van der Waals surface area contributed by atoms with Crippen molar-refractivity contribution in [1.82, 2.24) is 9.80 Å². The molecule has 406 valence electrons. The van der Waals surface area contributed by atoms with E-state index in [-0.39, 0.29) is 30.5 Å². The van der Waals surface area contributed by atoms with Gasteiger partial charge in [-0.2, -0.15) is 0 Å². The summed E-state index contributed by atoms with van der Waals surface area (Å²) in [4.78, 5) is 73.3. The molecule has 3 aromatic rings. The lowest BCUT2D eigenvalue weighted by Crippen LogP contribution is -2.66. The van der Waals surface area contributed by atoms with Gasteiger partial charge in [0.2, 0.25) is 0 Å². The van der Waals surface area contributed by atoms with Crippen LogP contribution in [-0.4, -0.2) is 104 Å². The average molecular weight is 1040 g/mol. The second-order valence-corrected chi connectivity index (χ2v) is 28.4. The van der Waals surface area contributed by atoms with Crippen molar-refractivity contribution < 1.29 is 52.1 Å². The monoisotopic (exact) mass is 1040 g/mol. The van der Waals surface area contributed by atoms with Crippen molar-refractivity contribution in [3.05, 3.63) is 109 Å². The van der Waals surface area contributed by atoms with Crippen LogP contribution in [0, 0.1) is 16.2 Å². The van der Waals surface area contributed by atoms with Crippen LogP contribution < -0.4 is 10.4 Å². The van der Waals surface area contributed by atoms with E-state index in [4.69, 9.17) is 28.1 Å². The fourth-order valence-corrected chi connectivity index (χ4v) is 14.0. The van der Waals surface area contributed by atoms with Crippen molar-refractivity contribution in [3.8, 4) is 0 Å². The molecule has 0 bridgehead atoms. The molecule has 0 radical (unpaired) electrons. The van der Waals surface area contributed by atoms with Gasteiger partial charge in [0.05, 0.1) is 22.9 Å². The first kappa shape index (κ1) is 59.6. The standard InChI is InChI=1S/C60H86N2O11Si/c1-14-15-19-30-44(62(56(67)69-41-43-28-20-16-21-29-43)36-26-27-38-70-74(60(11,12)13,47-31-22-17-23-32-47)48-33-24-18-25-34-48)39-45-40-46(63)35-37-61(45)52-51(73-55(66)59(8,9)10)50(72-54(65)58(5,6)7)49(42-68-52)71-53(64)57(2,3)4/h16-18,20-25,28-29,31-35,37,44-45,49-52H,14-15,19,26-27,30,36,38-42H2,1-13H3/t44-,45+,49-,50-,51+,52+/m1/s1. The summed E-state index contributed by atoms with van der Waals surface area (Å²) in [7, 11) is -2.82. The smallest absolute Gasteiger partial charge is 0.410 e. The summed E-state index contributed by atoms with van der Waals surface area (Å²) >= 11 is 0. The van der Waals surface area contributed by atoms with E-state index in [2.05, 4.69) is 76.2 Å². The van der Waals surface area contributed by atoms with Crippen LogP contribution in [0.15, 0.2) is 103 Å². The van der Waals surface area contributed by atoms with E-state index in [1.165, 1.54) is 16.4 Å². The van der Waals surface area contributed by atoms with Crippen molar-refractivity contribution in [3.63, 3.8) is 0 Å². The molecule has 74 heavy (non-hydrogen) atoms. The van der Waals surface area contributed by atoms with E-state index in [9.17, 15) is 24.0 Å². The number of ketones is 1.